The van der Waals surface area contributed by atoms with E-state index in [0.29, 0.717) is 6.04 Å². The average Bonchev–Trinajstić information content (AvgIpc) is 2.46. The van der Waals surface area contributed by atoms with Crippen LogP contribution in [0, 0.1) is 0 Å². The lowest BCUT2D eigenvalue weighted by Gasteiger charge is -2.25. The summed E-state index contributed by atoms with van der Waals surface area (Å²) < 4.78 is 0. The summed E-state index contributed by atoms with van der Waals surface area (Å²) in [7, 11) is 0. The standard InChI is InChI=1S/C14H15N3S/c1-2-4-14-12(3-1)13(5-8-18-14)17-10-11-9-15-6-7-16-11/h1-4,6-7,9,13,17H,5,8,10H2. The summed E-state index contributed by atoms with van der Waals surface area (Å²) in [5.41, 5.74) is 2.41. The van der Waals surface area contributed by atoms with Crippen LogP contribution in [0.1, 0.15) is 23.7 Å². The molecular weight excluding hydrogens is 242 g/mol. The van der Waals surface area contributed by atoms with Crippen molar-refractivity contribution in [1.82, 2.24) is 15.3 Å². The molecule has 1 aromatic carbocycles. The van der Waals surface area contributed by atoms with Gasteiger partial charge in [-0.1, -0.05) is 18.2 Å². The first-order chi connectivity index (χ1) is 8.93. The summed E-state index contributed by atoms with van der Waals surface area (Å²) in [6, 6.07) is 9.08. The fourth-order valence-corrected chi connectivity index (χ4v) is 3.33. The number of hydrogen-bond donors (Lipinski definition) is 1. The zero-order chi connectivity index (χ0) is 12.2. The molecule has 1 unspecified atom stereocenters. The quantitative estimate of drug-likeness (QED) is 0.917. The molecule has 0 fully saturated rings. The van der Waals surface area contributed by atoms with Crippen LogP contribution in [0.2, 0.25) is 0 Å². The lowest BCUT2D eigenvalue weighted by Crippen LogP contribution is -2.24. The van der Waals surface area contributed by atoms with Crippen LogP contribution in [0.4, 0.5) is 0 Å². The van der Waals surface area contributed by atoms with Crippen LogP contribution in [-0.4, -0.2) is 15.7 Å². The molecule has 0 amide bonds. The Morgan fingerprint density at radius 3 is 3.11 bits per heavy atom. The van der Waals surface area contributed by atoms with Gasteiger partial charge in [-0.05, 0) is 23.8 Å². The Hall–Kier alpha value is -1.39. The van der Waals surface area contributed by atoms with E-state index in [1.807, 2.05) is 18.0 Å². The van der Waals surface area contributed by atoms with E-state index in [2.05, 4.69) is 39.6 Å². The fraction of sp³-hybridized carbons (Fsp3) is 0.286. The Kier molecular flexibility index (Phi) is 3.57. The topological polar surface area (TPSA) is 37.8 Å². The number of hydrogen-bond acceptors (Lipinski definition) is 4. The minimum Gasteiger partial charge on any atom is -0.304 e. The van der Waals surface area contributed by atoms with Gasteiger partial charge in [-0.15, -0.1) is 11.8 Å². The number of rotatable bonds is 3. The van der Waals surface area contributed by atoms with Crippen LogP contribution in [0.15, 0.2) is 47.8 Å². The third-order valence-electron chi connectivity index (χ3n) is 3.10. The van der Waals surface area contributed by atoms with Gasteiger partial charge in [0.05, 0.1) is 5.69 Å². The Morgan fingerprint density at radius 2 is 2.22 bits per heavy atom. The van der Waals surface area contributed by atoms with Gasteiger partial charge in [-0.25, -0.2) is 0 Å². The zero-order valence-corrected chi connectivity index (χ0v) is 10.9. The molecule has 0 bridgehead atoms. The van der Waals surface area contributed by atoms with Gasteiger partial charge < -0.3 is 5.32 Å². The fourth-order valence-electron chi connectivity index (χ4n) is 2.20. The van der Waals surface area contributed by atoms with Crippen LogP contribution in [0.3, 0.4) is 0 Å². The van der Waals surface area contributed by atoms with Crippen molar-refractivity contribution in [1.29, 1.82) is 0 Å². The molecule has 1 atom stereocenters. The third-order valence-corrected chi connectivity index (χ3v) is 4.23. The average molecular weight is 257 g/mol. The predicted molar refractivity (Wildman–Crippen MR) is 73.4 cm³/mol. The first-order valence-corrected chi connectivity index (χ1v) is 7.12. The smallest absolute Gasteiger partial charge is 0.0724 e. The number of nitrogens with one attached hydrogen (secondary N) is 1. The van der Waals surface area contributed by atoms with E-state index < -0.39 is 0 Å². The van der Waals surface area contributed by atoms with Gasteiger partial charge in [-0.2, -0.15) is 0 Å². The van der Waals surface area contributed by atoms with Crippen molar-refractivity contribution in [3.05, 3.63) is 54.1 Å². The predicted octanol–water partition coefficient (Wildman–Crippen LogP) is 2.80. The van der Waals surface area contributed by atoms with E-state index in [4.69, 9.17) is 0 Å². The highest BCUT2D eigenvalue weighted by atomic mass is 32.2. The van der Waals surface area contributed by atoms with Crippen LogP contribution in [0.5, 0.6) is 0 Å². The van der Waals surface area contributed by atoms with Crippen LogP contribution in [0.25, 0.3) is 0 Å². The van der Waals surface area contributed by atoms with E-state index in [1.54, 1.807) is 12.4 Å². The maximum Gasteiger partial charge on any atom is 0.0724 e. The molecule has 0 saturated carbocycles. The van der Waals surface area contributed by atoms with Gasteiger partial charge in [0.2, 0.25) is 0 Å². The van der Waals surface area contributed by atoms with Crippen molar-refractivity contribution in [3.63, 3.8) is 0 Å². The van der Waals surface area contributed by atoms with Crippen molar-refractivity contribution in [2.45, 2.75) is 23.9 Å². The highest BCUT2D eigenvalue weighted by Gasteiger charge is 2.19. The summed E-state index contributed by atoms with van der Waals surface area (Å²) >= 11 is 1.95. The molecule has 2 aromatic rings. The van der Waals surface area contributed by atoms with E-state index in [1.165, 1.54) is 22.6 Å². The SMILES string of the molecule is c1ccc2c(c1)SCCC2NCc1cnccn1. The molecular formula is C14H15N3S. The van der Waals surface area contributed by atoms with Crippen molar-refractivity contribution in [3.8, 4) is 0 Å². The van der Waals surface area contributed by atoms with E-state index in [-0.39, 0.29) is 0 Å². The number of benzene rings is 1. The second kappa shape index (κ2) is 5.50. The number of nitrogens with zero attached hydrogens (tertiary/aromatic N) is 2. The minimum absolute atomic E-state index is 0.435. The molecule has 0 radical (unpaired) electrons. The van der Waals surface area contributed by atoms with Gasteiger partial charge in [0.15, 0.2) is 0 Å². The maximum absolute atomic E-state index is 4.29. The van der Waals surface area contributed by atoms with Gasteiger partial charge in [0.25, 0.3) is 0 Å². The normalized spacial score (nSPS) is 18.3. The first kappa shape index (κ1) is 11.7. The molecule has 3 nitrogen and oxygen atoms in total. The van der Waals surface area contributed by atoms with Crippen LogP contribution in [-0.2, 0) is 6.54 Å². The van der Waals surface area contributed by atoms with Crippen molar-refractivity contribution < 1.29 is 0 Å². The second-order valence-electron chi connectivity index (χ2n) is 4.31. The summed E-state index contributed by atoms with van der Waals surface area (Å²) in [4.78, 5) is 9.78. The van der Waals surface area contributed by atoms with Crippen LogP contribution >= 0.6 is 11.8 Å². The minimum atomic E-state index is 0.435. The van der Waals surface area contributed by atoms with E-state index in [0.717, 1.165) is 12.2 Å². The van der Waals surface area contributed by atoms with Crippen molar-refractivity contribution in [2.24, 2.45) is 0 Å². The molecule has 1 aliphatic heterocycles. The molecule has 92 valence electrons. The lowest BCUT2D eigenvalue weighted by atomic mass is 10.0. The zero-order valence-electron chi connectivity index (χ0n) is 10.0. The maximum atomic E-state index is 4.29. The van der Waals surface area contributed by atoms with E-state index >= 15 is 0 Å². The molecule has 1 N–H and O–H groups in total. The van der Waals surface area contributed by atoms with Crippen molar-refractivity contribution >= 4 is 11.8 Å². The molecule has 1 aromatic heterocycles. The van der Waals surface area contributed by atoms with E-state index in [9.17, 15) is 0 Å². The van der Waals surface area contributed by atoms with Gasteiger partial charge >= 0.3 is 0 Å². The molecule has 2 heterocycles. The van der Waals surface area contributed by atoms with Gasteiger partial charge in [-0.3, -0.25) is 9.97 Å². The summed E-state index contributed by atoms with van der Waals surface area (Å²) in [5, 5.41) is 3.58. The van der Waals surface area contributed by atoms with Crippen molar-refractivity contribution in [2.75, 3.05) is 5.75 Å². The number of aromatic nitrogens is 2. The summed E-state index contributed by atoms with van der Waals surface area (Å²) in [6.45, 7) is 0.775. The summed E-state index contributed by atoms with van der Waals surface area (Å²) in [5.74, 6) is 1.18. The molecule has 1 aliphatic rings. The first-order valence-electron chi connectivity index (χ1n) is 6.13. The number of fused-ring (bicyclic) bond motifs is 1. The number of thioether (sulfide) groups is 1. The third kappa shape index (κ3) is 2.54. The molecule has 0 saturated heterocycles. The second-order valence-corrected chi connectivity index (χ2v) is 5.44. The monoisotopic (exact) mass is 257 g/mol. The Bertz CT molecular complexity index is 515. The molecule has 0 spiro atoms. The van der Waals surface area contributed by atoms with Gasteiger partial charge in [0, 0.05) is 36.1 Å². The molecule has 3 rings (SSSR count). The molecule has 18 heavy (non-hydrogen) atoms. The molecule has 0 aliphatic carbocycles. The molecule has 4 heteroatoms. The Labute approximate surface area is 111 Å². The Morgan fingerprint density at radius 1 is 1.28 bits per heavy atom. The lowest BCUT2D eigenvalue weighted by molar-refractivity contribution is 0.505. The van der Waals surface area contributed by atoms with Crippen LogP contribution < -0.4 is 5.32 Å². The Balaban J connectivity index is 1.71. The highest BCUT2D eigenvalue weighted by Crippen LogP contribution is 2.35. The van der Waals surface area contributed by atoms with Gasteiger partial charge in [0.1, 0.15) is 0 Å². The summed E-state index contributed by atoms with van der Waals surface area (Å²) in [6.07, 6.45) is 6.43. The highest BCUT2D eigenvalue weighted by molar-refractivity contribution is 7.99. The largest absolute Gasteiger partial charge is 0.304 e.